The largest absolute Gasteiger partial charge is 0.335 e. The second kappa shape index (κ2) is 9.84. The molecule has 8 nitrogen and oxygen atoms in total. The summed E-state index contributed by atoms with van der Waals surface area (Å²) in [7, 11) is 0. The Labute approximate surface area is 176 Å². The number of para-hydroxylation sites is 1. The predicted molar refractivity (Wildman–Crippen MR) is 116 cm³/mol. The van der Waals surface area contributed by atoms with Crippen molar-refractivity contribution in [2.75, 3.05) is 6.54 Å². The molecule has 0 saturated heterocycles. The van der Waals surface area contributed by atoms with Crippen LogP contribution in [0.3, 0.4) is 0 Å². The highest BCUT2D eigenvalue weighted by Gasteiger charge is 2.24. The molecule has 0 bridgehead atoms. The van der Waals surface area contributed by atoms with Gasteiger partial charge in [0.25, 0.3) is 5.56 Å². The van der Waals surface area contributed by atoms with Crippen LogP contribution < -0.4 is 16.2 Å². The Morgan fingerprint density at radius 2 is 1.97 bits per heavy atom. The van der Waals surface area contributed by atoms with Crippen LogP contribution in [0, 0.1) is 5.92 Å². The van der Waals surface area contributed by atoms with Crippen LogP contribution in [0.25, 0.3) is 10.9 Å². The normalized spacial score (nSPS) is 19.2. The molecule has 0 aliphatic heterocycles. The molecule has 30 heavy (non-hydrogen) atoms. The third kappa shape index (κ3) is 5.66. The summed E-state index contributed by atoms with van der Waals surface area (Å²) in [4.78, 5) is 46.1. The van der Waals surface area contributed by atoms with Crippen LogP contribution in [-0.4, -0.2) is 45.4 Å². The number of imide groups is 1. The van der Waals surface area contributed by atoms with E-state index in [1.165, 1.54) is 6.42 Å². The lowest BCUT2D eigenvalue weighted by atomic mass is 9.86. The van der Waals surface area contributed by atoms with Crippen LogP contribution in [-0.2, 0) is 11.3 Å². The van der Waals surface area contributed by atoms with Crippen molar-refractivity contribution in [3.05, 3.63) is 40.4 Å². The van der Waals surface area contributed by atoms with Crippen molar-refractivity contribution < 1.29 is 9.59 Å². The number of aromatic amines is 1. The van der Waals surface area contributed by atoms with E-state index in [9.17, 15) is 14.4 Å². The molecular formula is C22H31N5O3. The fourth-order valence-corrected chi connectivity index (χ4v) is 3.91. The van der Waals surface area contributed by atoms with Crippen LogP contribution in [0.5, 0.6) is 0 Å². The monoisotopic (exact) mass is 413 g/mol. The minimum absolute atomic E-state index is 0.0222. The fourth-order valence-electron chi connectivity index (χ4n) is 3.91. The van der Waals surface area contributed by atoms with Gasteiger partial charge in [0.1, 0.15) is 5.82 Å². The quantitative estimate of drug-likeness (QED) is 0.675. The number of amides is 3. The number of benzene rings is 1. The van der Waals surface area contributed by atoms with Gasteiger partial charge in [-0.25, -0.2) is 9.78 Å². The van der Waals surface area contributed by atoms with Crippen LogP contribution >= 0.6 is 0 Å². The first-order valence-corrected chi connectivity index (χ1v) is 10.7. The number of aromatic nitrogens is 2. The molecule has 1 aliphatic rings. The molecule has 0 radical (unpaired) electrons. The van der Waals surface area contributed by atoms with Gasteiger partial charge in [0.05, 0.1) is 24.0 Å². The number of H-pyrrole nitrogens is 1. The van der Waals surface area contributed by atoms with Crippen molar-refractivity contribution in [3.63, 3.8) is 0 Å². The summed E-state index contributed by atoms with van der Waals surface area (Å²) in [5.41, 5.74) is 0.412. The summed E-state index contributed by atoms with van der Waals surface area (Å²) in [5.74, 6) is 0.524. The maximum absolute atomic E-state index is 12.5. The number of urea groups is 1. The molecule has 1 heterocycles. The molecule has 0 unspecified atom stereocenters. The third-order valence-electron chi connectivity index (χ3n) is 5.77. The van der Waals surface area contributed by atoms with Crippen molar-refractivity contribution in [1.29, 1.82) is 0 Å². The lowest BCUT2D eigenvalue weighted by molar-refractivity contribution is -0.121. The van der Waals surface area contributed by atoms with Crippen LogP contribution in [0.2, 0.25) is 0 Å². The average molecular weight is 414 g/mol. The van der Waals surface area contributed by atoms with Gasteiger partial charge in [0.15, 0.2) is 0 Å². The number of hydrogen-bond acceptors (Lipinski definition) is 5. The van der Waals surface area contributed by atoms with Gasteiger partial charge >= 0.3 is 6.03 Å². The van der Waals surface area contributed by atoms with Crippen molar-refractivity contribution in [2.45, 2.75) is 65.1 Å². The molecule has 1 aliphatic carbocycles. The number of fused-ring (bicyclic) bond motifs is 1. The Kier molecular flexibility index (Phi) is 7.20. The lowest BCUT2D eigenvalue weighted by Crippen LogP contribution is -2.50. The minimum atomic E-state index is -0.445. The molecule has 1 saturated carbocycles. The number of nitrogens with zero attached hydrogens (tertiary/aromatic N) is 2. The second-order valence-electron chi connectivity index (χ2n) is 8.42. The molecule has 2 atom stereocenters. The van der Waals surface area contributed by atoms with Crippen molar-refractivity contribution in [2.24, 2.45) is 5.92 Å². The topological polar surface area (TPSA) is 107 Å². The standard InChI is InChI=1S/C22H31N5O3/c1-14(2)27(12-19-23-18-11-7-5-9-16(18)21(29)25-19)13-20(28)26-22(30)24-17-10-6-4-8-15(17)3/h5,7,9,11,14-15,17H,4,6,8,10,12-13H2,1-3H3,(H,23,25,29)(H2,24,26,28,30)/t15-,17-/m1/s1. The molecule has 3 amide bonds. The molecule has 0 spiro atoms. The second-order valence-corrected chi connectivity index (χ2v) is 8.42. The first-order valence-electron chi connectivity index (χ1n) is 10.7. The van der Waals surface area contributed by atoms with Crippen LogP contribution in [0.1, 0.15) is 52.3 Å². The Hall–Kier alpha value is -2.74. The minimum Gasteiger partial charge on any atom is -0.335 e. The van der Waals surface area contributed by atoms with E-state index in [1.54, 1.807) is 18.2 Å². The maximum atomic E-state index is 12.5. The van der Waals surface area contributed by atoms with Crippen molar-refractivity contribution >= 4 is 22.8 Å². The zero-order valence-electron chi connectivity index (χ0n) is 17.9. The zero-order valence-corrected chi connectivity index (χ0v) is 17.9. The highest BCUT2D eigenvalue weighted by atomic mass is 16.2. The van der Waals surface area contributed by atoms with Crippen molar-refractivity contribution in [1.82, 2.24) is 25.5 Å². The van der Waals surface area contributed by atoms with Gasteiger partial charge < -0.3 is 10.3 Å². The number of carbonyl (C=O) groups excluding carboxylic acids is 2. The van der Waals surface area contributed by atoms with Gasteiger partial charge in [-0.1, -0.05) is 31.9 Å². The van der Waals surface area contributed by atoms with Gasteiger partial charge in [-0.3, -0.25) is 19.8 Å². The number of nitrogens with one attached hydrogen (secondary N) is 3. The number of rotatable bonds is 6. The average Bonchev–Trinajstić information content (AvgIpc) is 2.69. The maximum Gasteiger partial charge on any atom is 0.321 e. The Balaban J connectivity index is 1.60. The fraction of sp³-hybridized carbons (Fsp3) is 0.545. The van der Waals surface area contributed by atoms with E-state index in [0.717, 1.165) is 19.3 Å². The molecule has 162 valence electrons. The van der Waals surface area contributed by atoms with Crippen molar-refractivity contribution in [3.8, 4) is 0 Å². The van der Waals surface area contributed by atoms with Gasteiger partial charge in [0, 0.05) is 12.1 Å². The highest BCUT2D eigenvalue weighted by molar-refractivity contribution is 5.95. The summed E-state index contributed by atoms with van der Waals surface area (Å²) in [6, 6.07) is 6.83. The first kappa shape index (κ1) is 22.0. The zero-order chi connectivity index (χ0) is 21.7. The highest BCUT2D eigenvalue weighted by Crippen LogP contribution is 2.23. The van der Waals surface area contributed by atoms with Gasteiger partial charge in [0.2, 0.25) is 5.91 Å². The SMILES string of the molecule is CC(C)N(CC(=O)NC(=O)N[C@@H]1CCCC[C@H]1C)Cc1nc2ccccc2c(=O)[nH]1. The summed E-state index contributed by atoms with van der Waals surface area (Å²) in [6.45, 7) is 6.37. The van der Waals surface area contributed by atoms with Gasteiger partial charge in [-0.2, -0.15) is 0 Å². The molecule has 1 fully saturated rings. The lowest BCUT2D eigenvalue weighted by Gasteiger charge is -2.29. The van der Waals surface area contributed by atoms with E-state index in [0.29, 0.717) is 29.2 Å². The van der Waals surface area contributed by atoms with Crippen LogP contribution in [0.15, 0.2) is 29.1 Å². The third-order valence-corrected chi connectivity index (χ3v) is 5.77. The van der Waals surface area contributed by atoms with E-state index < -0.39 is 6.03 Å². The Morgan fingerprint density at radius 1 is 1.23 bits per heavy atom. The molecule has 3 rings (SSSR count). The van der Waals surface area contributed by atoms with E-state index in [-0.39, 0.29) is 30.1 Å². The molecule has 8 heteroatoms. The Bertz CT molecular complexity index is 955. The molecule has 1 aromatic heterocycles. The number of carbonyl (C=O) groups is 2. The smallest absolute Gasteiger partial charge is 0.321 e. The van der Waals surface area contributed by atoms with E-state index in [2.05, 4.69) is 27.5 Å². The Morgan fingerprint density at radius 3 is 2.70 bits per heavy atom. The summed E-state index contributed by atoms with van der Waals surface area (Å²) < 4.78 is 0. The van der Waals surface area contributed by atoms with E-state index in [4.69, 9.17) is 0 Å². The number of hydrogen-bond donors (Lipinski definition) is 3. The van der Waals surface area contributed by atoms with Crippen LogP contribution in [0.4, 0.5) is 4.79 Å². The molecule has 2 aromatic rings. The summed E-state index contributed by atoms with van der Waals surface area (Å²) in [5, 5.41) is 5.90. The summed E-state index contributed by atoms with van der Waals surface area (Å²) in [6.07, 6.45) is 4.33. The molecular weight excluding hydrogens is 382 g/mol. The van der Waals surface area contributed by atoms with E-state index >= 15 is 0 Å². The predicted octanol–water partition coefficient (Wildman–Crippen LogP) is 2.54. The molecule has 1 aromatic carbocycles. The van der Waals surface area contributed by atoms with Gasteiger partial charge in [-0.05, 0) is 44.7 Å². The first-order chi connectivity index (χ1) is 14.3. The van der Waals surface area contributed by atoms with E-state index in [1.807, 2.05) is 24.8 Å². The summed E-state index contributed by atoms with van der Waals surface area (Å²) >= 11 is 0. The molecule has 3 N–H and O–H groups in total. The van der Waals surface area contributed by atoms with Gasteiger partial charge in [-0.15, -0.1) is 0 Å².